The van der Waals surface area contributed by atoms with Gasteiger partial charge in [0.2, 0.25) is 0 Å². The smallest absolute Gasteiger partial charge is 0.00958 e. The Balaban J connectivity index is 1.86. The van der Waals surface area contributed by atoms with Gasteiger partial charge in [-0.15, -0.1) is 0 Å². The standard InChI is InChI=1S/C7H13N/c1-2-7(8-5-1)6-3-4-6/h6-8H,1-5H2/t7-/m0/s1. The first kappa shape index (κ1) is 4.80. The van der Waals surface area contributed by atoms with E-state index in [-0.39, 0.29) is 0 Å². The highest BCUT2D eigenvalue weighted by atomic mass is 14.9. The summed E-state index contributed by atoms with van der Waals surface area (Å²) in [5.74, 6) is 1.08. The van der Waals surface area contributed by atoms with Gasteiger partial charge in [0.15, 0.2) is 0 Å². The summed E-state index contributed by atoms with van der Waals surface area (Å²) in [6.45, 7) is 1.28. The van der Waals surface area contributed by atoms with Crippen molar-refractivity contribution in [3.05, 3.63) is 0 Å². The van der Waals surface area contributed by atoms with Crippen molar-refractivity contribution in [3.63, 3.8) is 0 Å². The minimum absolute atomic E-state index is 0.926. The number of hydrogen-bond donors (Lipinski definition) is 1. The lowest BCUT2D eigenvalue weighted by atomic mass is 10.1. The first-order chi connectivity index (χ1) is 3.97. The van der Waals surface area contributed by atoms with E-state index in [0.717, 1.165) is 12.0 Å². The summed E-state index contributed by atoms with van der Waals surface area (Å²) >= 11 is 0. The van der Waals surface area contributed by atoms with Gasteiger partial charge in [-0.2, -0.15) is 0 Å². The Hall–Kier alpha value is -0.0400. The molecule has 1 heteroatoms. The summed E-state index contributed by atoms with van der Waals surface area (Å²) in [5.41, 5.74) is 0. The zero-order valence-electron chi connectivity index (χ0n) is 5.19. The molecule has 1 nitrogen and oxygen atoms in total. The molecule has 0 amide bonds. The molecule has 1 saturated heterocycles. The Morgan fingerprint density at radius 2 is 2.00 bits per heavy atom. The van der Waals surface area contributed by atoms with E-state index in [0.29, 0.717) is 0 Å². The Labute approximate surface area is 50.5 Å². The number of nitrogens with one attached hydrogen (secondary N) is 1. The quantitative estimate of drug-likeness (QED) is 0.535. The van der Waals surface area contributed by atoms with Crippen molar-refractivity contribution in [2.75, 3.05) is 6.54 Å². The molecule has 1 aliphatic heterocycles. The lowest BCUT2D eigenvalue weighted by Gasteiger charge is -2.04. The van der Waals surface area contributed by atoms with Crippen LogP contribution in [-0.2, 0) is 0 Å². The van der Waals surface area contributed by atoms with Gasteiger partial charge in [-0.25, -0.2) is 0 Å². The first-order valence-corrected chi connectivity index (χ1v) is 3.70. The molecule has 2 rings (SSSR count). The molecule has 1 heterocycles. The average molecular weight is 111 g/mol. The molecule has 1 aliphatic carbocycles. The van der Waals surface area contributed by atoms with Crippen LogP contribution in [0.5, 0.6) is 0 Å². The second-order valence-corrected chi connectivity index (χ2v) is 3.04. The SMILES string of the molecule is C1CN[C@H](C2CC2)C1. The molecular formula is C7H13N. The van der Waals surface area contributed by atoms with Gasteiger partial charge in [0.05, 0.1) is 0 Å². The highest BCUT2D eigenvalue weighted by Gasteiger charge is 2.32. The fourth-order valence-corrected chi connectivity index (χ4v) is 1.61. The lowest BCUT2D eigenvalue weighted by molar-refractivity contribution is 0.539. The van der Waals surface area contributed by atoms with Crippen LogP contribution >= 0.6 is 0 Å². The van der Waals surface area contributed by atoms with E-state index in [1.165, 1.54) is 32.2 Å². The zero-order chi connectivity index (χ0) is 5.40. The molecule has 0 spiro atoms. The van der Waals surface area contributed by atoms with Gasteiger partial charge in [0, 0.05) is 6.04 Å². The fraction of sp³-hybridized carbons (Fsp3) is 1.00. The van der Waals surface area contributed by atoms with Crippen molar-refractivity contribution < 1.29 is 0 Å². The summed E-state index contributed by atoms with van der Waals surface area (Å²) in [4.78, 5) is 0. The third kappa shape index (κ3) is 0.752. The lowest BCUT2D eigenvalue weighted by Crippen LogP contribution is -2.22. The highest BCUT2D eigenvalue weighted by Crippen LogP contribution is 2.35. The van der Waals surface area contributed by atoms with E-state index < -0.39 is 0 Å². The molecule has 1 atom stereocenters. The minimum Gasteiger partial charge on any atom is -0.314 e. The molecule has 1 N–H and O–H groups in total. The number of rotatable bonds is 1. The van der Waals surface area contributed by atoms with Crippen LogP contribution in [-0.4, -0.2) is 12.6 Å². The number of hydrogen-bond acceptors (Lipinski definition) is 1. The average Bonchev–Trinajstić information content (AvgIpc) is 2.49. The Kier molecular flexibility index (Phi) is 1.04. The van der Waals surface area contributed by atoms with E-state index >= 15 is 0 Å². The predicted octanol–water partition coefficient (Wildman–Crippen LogP) is 1.15. The summed E-state index contributed by atoms with van der Waals surface area (Å²) in [7, 11) is 0. The van der Waals surface area contributed by atoms with Crippen molar-refractivity contribution >= 4 is 0 Å². The van der Waals surface area contributed by atoms with Crippen LogP contribution in [0.1, 0.15) is 25.7 Å². The van der Waals surface area contributed by atoms with Crippen LogP contribution in [0.25, 0.3) is 0 Å². The minimum atomic E-state index is 0.926. The van der Waals surface area contributed by atoms with Gasteiger partial charge in [-0.05, 0) is 38.1 Å². The molecule has 2 fully saturated rings. The van der Waals surface area contributed by atoms with Gasteiger partial charge < -0.3 is 5.32 Å². The van der Waals surface area contributed by atoms with Crippen LogP contribution in [0, 0.1) is 5.92 Å². The molecular weight excluding hydrogens is 98.1 g/mol. The summed E-state index contributed by atoms with van der Waals surface area (Å²) in [6.07, 6.45) is 5.86. The largest absolute Gasteiger partial charge is 0.314 e. The van der Waals surface area contributed by atoms with E-state index in [4.69, 9.17) is 0 Å². The third-order valence-corrected chi connectivity index (χ3v) is 2.29. The molecule has 2 aliphatic rings. The van der Waals surface area contributed by atoms with Crippen molar-refractivity contribution in [2.24, 2.45) is 5.92 Å². The molecule has 8 heavy (non-hydrogen) atoms. The van der Waals surface area contributed by atoms with E-state index in [1.807, 2.05) is 0 Å². The van der Waals surface area contributed by atoms with E-state index in [1.54, 1.807) is 0 Å². The predicted molar refractivity (Wildman–Crippen MR) is 33.7 cm³/mol. The summed E-state index contributed by atoms with van der Waals surface area (Å²) in [5, 5.41) is 3.52. The molecule has 0 bridgehead atoms. The second-order valence-electron chi connectivity index (χ2n) is 3.04. The monoisotopic (exact) mass is 111 g/mol. The van der Waals surface area contributed by atoms with Crippen LogP contribution in [0.4, 0.5) is 0 Å². The van der Waals surface area contributed by atoms with Crippen LogP contribution < -0.4 is 5.32 Å². The van der Waals surface area contributed by atoms with Crippen LogP contribution in [0.3, 0.4) is 0 Å². The van der Waals surface area contributed by atoms with E-state index in [2.05, 4.69) is 5.32 Å². The normalized spacial score (nSPS) is 38.2. The highest BCUT2D eigenvalue weighted by molar-refractivity contribution is 4.89. The first-order valence-electron chi connectivity index (χ1n) is 3.70. The fourth-order valence-electron chi connectivity index (χ4n) is 1.61. The Morgan fingerprint density at radius 3 is 2.50 bits per heavy atom. The summed E-state index contributed by atoms with van der Waals surface area (Å²) < 4.78 is 0. The topological polar surface area (TPSA) is 12.0 Å². The molecule has 0 aromatic carbocycles. The van der Waals surface area contributed by atoms with Crippen molar-refractivity contribution in [3.8, 4) is 0 Å². The second kappa shape index (κ2) is 1.73. The Morgan fingerprint density at radius 1 is 1.12 bits per heavy atom. The van der Waals surface area contributed by atoms with Gasteiger partial charge in [-0.3, -0.25) is 0 Å². The molecule has 0 unspecified atom stereocenters. The van der Waals surface area contributed by atoms with Crippen LogP contribution in [0.15, 0.2) is 0 Å². The van der Waals surface area contributed by atoms with Gasteiger partial charge in [-0.1, -0.05) is 0 Å². The molecule has 0 aromatic heterocycles. The zero-order valence-corrected chi connectivity index (χ0v) is 5.19. The van der Waals surface area contributed by atoms with E-state index in [9.17, 15) is 0 Å². The maximum Gasteiger partial charge on any atom is 0.00958 e. The molecule has 1 saturated carbocycles. The van der Waals surface area contributed by atoms with Crippen molar-refractivity contribution in [1.29, 1.82) is 0 Å². The van der Waals surface area contributed by atoms with Crippen LogP contribution in [0.2, 0.25) is 0 Å². The molecule has 0 aromatic rings. The van der Waals surface area contributed by atoms with Gasteiger partial charge >= 0.3 is 0 Å². The molecule has 46 valence electrons. The summed E-state index contributed by atoms with van der Waals surface area (Å²) in [6, 6.07) is 0.926. The van der Waals surface area contributed by atoms with Gasteiger partial charge in [0.1, 0.15) is 0 Å². The van der Waals surface area contributed by atoms with Gasteiger partial charge in [0.25, 0.3) is 0 Å². The third-order valence-electron chi connectivity index (χ3n) is 2.29. The Bertz CT molecular complexity index is 80.4. The van der Waals surface area contributed by atoms with Crippen molar-refractivity contribution in [1.82, 2.24) is 5.32 Å². The maximum absolute atomic E-state index is 3.52. The molecule has 0 radical (unpaired) electrons. The van der Waals surface area contributed by atoms with Crippen molar-refractivity contribution in [2.45, 2.75) is 31.7 Å². The maximum atomic E-state index is 3.52.